The van der Waals surface area contributed by atoms with E-state index < -0.39 is 0 Å². The van der Waals surface area contributed by atoms with Crippen molar-refractivity contribution in [2.45, 2.75) is 70.3 Å². The van der Waals surface area contributed by atoms with E-state index in [0.29, 0.717) is 24.4 Å². The third-order valence-corrected chi connectivity index (χ3v) is 3.60. The Labute approximate surface area is 98.9 Å². The van der Waals surface area contributed by atoms with Gasteiger partial charge in [0.05, 0.1) is 24.9 Å². The maximum Gasteiger partial charge on any atom is 0.0625 e. The smallest absolute Gasteiger partial charge is 0.0625 e. The summed E-state index contributed by atoms with van der Waals surface area (Å²) in [6, 6.07) is 0.585. The Morgan fingerprint density at radius 2 is 1.94 bits per heavy atom. The molecule has 0 aliphatic carbocycles. The lowest BCUT2D eigenvalue weighted by molar-refractivity contribution is -0.105. The van der Waals surface area contributed by atoms with Crippen LogP contribution >= 0.6 is 0 Å². The fourth-order valence-electron chi connectivity index (χ4n) is 2.80. The molecular formula is C13H25NO2. The van der Waals surface area contributed by atoms with Gasteiger partial charge in [0.15, 0.2) is 0 Å². The van der Waals surface area contributed by atoms with Gasteiger partial charge >= 0.3 is 0 Å². The molecule has 2 heterocycles. The van der Waals surface area contributed by atoms with E-state index >= 15 is 0 Å². The van der Waals surface area contributed by atoms with Gasteiger partial charge in [-0.3, -0.25) is 0 Å². The second-order valence-corrected chi connectivity index (χ2v) is 5.33. The van der Waals surface area contributed by atoms with Crippen LogP contribution in [0.2, 0.25) is 0 Å². The molecule has 2 aliphatic rings. The molecule has 2 saturated heterocycles. The van der Waals surface area contributed by atoms with Gasteiger partial charge in [0, 0.05) is 6.04 Å². The van der Waals surface area contributed by atoms with Crippen LogP contribution in [-0.2, 0) is 9.47 Å². The van der Waals surface area contributed by atoms with Crippen molar-refractivity contribution in [2.75, 3.05) is 13.2 Å². The highest BCUT2D eigenvalue weighted by molar-refractivity contribution is 4.76. The summed E-state index contributed by atoms with van der Waals surface area (Å²) >= 11 is 0. The van der Waals surface area contributed by atoms with Crippen LogP contribution in [0, 0.1) is 0 Å². The Kier molecular flexibility index (Phi) is 4.62. The van der Waals surface area contributed by atoms with Crippen molar-refractivity contribution in [3.8, 4) is 0 Å². The number of nitrogens with one attached hydrogen (secondary N) is 1. The fraction of sp³-hybridized carbons (Fsp3) is 1.00. The Morgan fingerprint density at radius 3 is 2.56 bits per heavy atom. The highest BCUT2D eigenvalue weighted by atomic mass is 16.5. The molecule has 0 aromatic rings. The minimum atomic E-state index is 0.355. The van der Waals surface area contributed by atoms with Crippen LogP contribution in [0.5, 0.6) is 0 Å². The predicted octanol–water partition coefficient (Wildman–Crippen LogP) is 2.10. The number of piperidine rings is 1. The minimum Gasteiger partial charge on any atom is -0.376 e. The molecule has 2 fully saturated rings. The first kappa shape index (κ1) is 12.3. The SMILES string of the molecule is CC1CC(OCC2CCCCN2)CC(C)O1. The van der Waals surface area contributed by atoms with Crippen LogP contribution in [0.3, 0.4) is 0 Å². The van der Waals surface area contributed by atoms with Gasteiger partial charge in [-0.2, -0.15) is 0 Å². The molecule has 1 N–H and O–H groups in total. The summed E-state index contributed by atoms with van der Waals surface area (Å²) in [6.45, 7) is 6.33. The Hall–Kier alpha value is -0.120. The molecule has 94 valence electrons. The Morgan fingerprint density at radius 1 is 1.19 bits per heavy atom. The standard InChI is InChI=1S/C13H25NO2/c1-10-7-13(8-11(2)16-10)15-9-12-5-3-4-6-14-12/h10-14H,3-9H2,1-2H3. The lowest BCUT2D eigenvalue weighted by Gasteiger charge is -2.33. The molecule has 0 aromatic heterocycles. The summed E-state index contributed by atoms with van der Waals surface area (Å²) in [5, 5.41) is 3.52. The molecule has 3 heteroatoms. The molecule has 0 saturated carbocycles. The molecule has 2 aliphatic heterocycles. The van der Waals surface area contributed by atoms with Gasteiger partial charge < -0.3 is 14.8 Å². The van der Waals surface area contributed by atoms with Gasteiger partial charge in [-0.15, -0.1) is 0 Å². The highest BCUT2D eigenvalue weighted by Crippen LogP contribution is 2.22. The summed E-state index contributed by atoms with van der Waals surface area (Å²) in [5.74, 6) is 0. The second kappa shape index (κ2) is 5.99. The van der Waals surface area contributed by atoms with E-state index in [1.807, 2.05) is 0 Å². The summed E-state index contributed by atoms with van der Waals surface area (Å²) in [5.41, 5.74) is 0. The summed E-state index contributed by atoms with van der Waals surface area (Å²) in [7, 11) is 0. The van der Waals surface area contributed by atoms with E-state index in [-0.39, 0.29) is 0 Å². The van der Waals surface area contributed by atoms with Gasteiger partial charge in [0.25, 0.3) is 0 Å². The molecule has 16 heavy (non-hydrogen) atoms. The lowest BCUT2D eigenvalue weighted by atomic mass is 10.0. The first-order chi connectivity index (χ1) is 7.74. The zero-order chi connectivity index (χ0) is 11.4. The van der Waals surface area contributed by atoms with Gasteiger partial charge in [-0.1, -0.05) is 6.42 Å². The Bertz CT molecular complexity index is 194. The zero-order valence-electron chi connectivity index (χ0n) is 10.6. The van der Waals surface area contributed by atoms with Crippen molar-refractivity contribution >= 4 is 0 Å². The Balaban J connectivity index is 1.68. The molecule has 3 nitrogen and oxygen atoms in total. The monoisotopic (exact) mass is 227 g/mol. The molecular weight excluding hydrogens is 202 g/mol. The minimum absolute atomic E-state index is 0.355. The molecule has 2 rings (SSSR count). The topological polar surface area (TPSA) is 30.5 Å². The number of hydrogen-bond donors (Lipinski definition) is 1. The van der Waals surface area contributed by atoms with Crippen molar-refractivity contribution < 1.29 is 9.47 Å². The van der Waals surface area contributed by atoms with Crippen molar-refractivity contribution in [3.05, 3.63) is 0 Å². The zero-order valence-corrected chi connectivity index (χ0v) is 10.6. The van der Waals surface area contributed by atoms with Crippen LogP contribution in [0.15, 0.2) is 0 Å². The van der Waals surface area contributed by atoms with E-state index in [1.54, 1.807) is 0 Å². The normalized spacial score (nSPS) is 40.9. The van der Waals surface area contributed by atoms with Crippen LogP contribution in [-0.4, -0.2) is 37.5 Å². The van der Waals surface area contributed by atoms with Gasteiger partial charge in [-0.05, 0) is 46.1 Å². The van der Waals surface area contributed by atoms with E-state index in [0.717, 1.165) is 26.0 Å². The molecule has 3 atom stereocenters. The molecule has 3 unspecified atom stereocenters. The van der Waals surface area contributed by atoms with E-state index in [4.69, 9.17) is 9.47 Å². The first-order valence-corrected chi connectivity index (χ1v) is 6.74. The average Bonchev–Trinajstić information content (AvgIpc) is 2.27. The molecule has 0 bridgehead atoms. The van der Waals surface area contributed by atoms with Crippen LogP contribution in [0.25, 0.3) is 0 Å². The van der Waals surface area contributed by atoms with Crippen LogP contribution in [0.1, 0.15) is 46.0 Å². The van der Waals surface area contributed by atoms with E-state index in [9.17, 15) is 0 Å². The predicted molar refractivity (Wildman–Crippen MR) is 64.6 cm³/mol. The van der Waals surface area contributed by atoms with Crippen molar-refractivity contribution in [1.82, 2.24) is 5.32 Å². The van der Waals surface area contributed by atoms with Gasteiger partial charge in [0.1, 0.15) is 0 Å². The van der Waals surface area contributed by atoms with E-state index in [2.05, 4.69) is 19.2 Å². The maximum atomic E-state index is 6.02. The summed E-state index contributed by atoms with van der Waals surface area (Å²) in [6.07, 6.45) is 7.16. The van der Waals surface area contributed by atoms with Gasteiger partial charge in [-0.25, -0.2) is 0 Å². The second-order valence-electron chi connectivity index (χ2n) is 5.33. The summed E-state index contributed by atoms with van der Waals surface area (Å²) < 4.78 is 11.7. The largest absolute Gasteiger partial charge is 0.376 e. The van der Waals surface area contributed by atoms with Crippen molar-refractivity contribution in [3.63, 3.8) is 0 Å². The van der Waals surface area contributed by atoms with Crippen LogP contribution < -0.4 is 5.32 Å². The number of ether oxygens (including phenoxy) is 2. The number of rotatable bonds is 3. The quantitative estimate of drug-likeness (QED) is 0.801. The molecule has 0 radical (unpaired) electrons. The highest BCUT2D eigenvalue weighted by Gasteiger charge is 2.25. The van der Waals surface area contributed by atoms with Crippen molar-refractivity contribution in [2.24, 2.45) is 0 Å². The lowest BCUT2D eigenvalue weighted by Crippen LogP contribution is -2.41. The fourth-order valence-corrected chi connectivity index (χ4v) is 2.80. The third kappa shape index (κ3) is 3.72. The van der Waals surface area contributed by atoms with E-state index in [1.165, 1.54) is 19.3 Å². The average molecular weight is 227 g/mol. The molecule has 0 spiro atoms. The van der Waals surface area contributed by atoms with Gasteiger partial charge in [0.2, 0.25) is 0 Å². The first-order valence-electron chi connectivity index (χ1n) is 6.74. The molecule has 0 aromatic carbocycles. The number of hydrogen-bond acceptors (Lipinski definition) is 3. The van der Waals surface area contributed by atoms with Crippen LogP contribution in [0.4, 0.5) is 0 Å². The third-order valence-electron chi connectivity index (χ3n) is 3.60. The maximum absolute atomic E-state index is 6.02. The summed E-state index contributed by atoms with van der Waals surface area (Å²) in [4.78, 5) is 0. The molecule has 0 amide bonds. The van der Waals surface area contributed by atoms with Crippen molar-refractivity contribution in [1.29, 1.82) is 0 Å².